The second-order valence-corrected chi connectivity index (χ2v) is 6.98. The Labute approximate surface area is 150 Å². The number of likely N-dealkylation sites (tertiary alicyclic amines) is 1. The molecule has 0 aromatic carbocycles. The van der Waals surface area contributed by atoms with Crippen LogP contribution in [0.15, 0.2) is 24.5 Å². The third kappa shape index (κ3) is 5.23. The van der Waals surface area contributed by atoms with Crippen LogP contribution < -0.4 is 0 Å². The van der Waals surface area contributed by atoms with Crippen LogP contribution in [0.4, 0.5) is 0 Å². The van der Waals surface area contributed by atoms with E-state index in [0.717, 1.165) is 58.8 Å². The van der Waals surface area contributed by atoms with Crippen LogP contribution >= 0.6 is 0 Å². The first-order chi connectivity index (χ1) is 12.3. The SMILES string of the molecule is COC(=O)CC[C@H]1CN(Cc2cccnc2)CC[C@H]1N1CCOCC1. The van der Waals surface area contributed by atoms with E-state index in [1.807, 2.05) is 18.5 Å². The summed E-state index contributed by atoms with van der Waals surface area (Å²) in [4.78, 5) is 20.9. The quantitative estimate of drug-likeness (QED) is 0.728. The molecule has 2 atom stereocenters. The lowest BCUT2D eigenvalue weighted by Gasteiger charge is -2.45. The fourth-order valence-corrected chi connectivity index (χ4v) is 4.07. The molecule has 0 spiro atoms. The predicted octanol–water partition coefficient (Wildman–Crippen LogP) is 1.56. The number of morpholine rings is 1. The molecule has 3 heterocycles. The van der Waals surface area contributed by atoms with Gasteiger partial charge in [-0.25, -0.2) is 0 Å². The van der Waals surface area contributed by atoms with Crippen molar-refractivity contribution in [1.82, 2.24) is 14.8 Å². The van der Waals surface area contributed by atoms with E-state index in [-0.39, 0.29) is 5.97 Å². The number of hydrogen-bond donors (Lipinski definition) is 0. The number of hydrogen-bond acceptors (Lipinski definition) is 6. The minimum atomic E-state index is -0.106. The van der Waals surface area contributed by atoms with Crippen molar-refractivity contribution in [2.24, 2.45) is 5.92 Å². The van der Waals surface area contributed by atoms with Gasteiger partial charge in [0.1, 0.15) is 0 Å². The molecule has 0 saturated carbocycles. The second-order valence-electron chi connectivity index (χ2n) is 6.98. The van der Waals surface area contributed by atoms with Crippen LogP contribution in [-0.2, 0) is 20.8 Å². The molecule has 6 heteroatoms. The summed E-state index contributed by atoms with van der Waals surface area (Å²) < 4.78 is 10.4. The number of carbonyl (C=O) groups excluding carboxylic acids is 1. The van der Waals surface area contributed by atoms with Gasteiger partial charge in [-0.2, -0.15) is 0 Å². The molecule has 138 valence electrons. The molecular formula is C19H29N3O3. The van der Waals surface area contributed by atoms with E-state index in [0.29, 0.717) is 18.4 Å². The zero-order valence-corrected chi connectivity index (χ0v) is 15.1. The minimum Gasteiger partial charge on any atom is -0.469 e. The number of esters is 1. The van der Waals surface area contributed by atoms with E-state index < -0.39 is 0 Å². The van der Waals surface area contributed by atoms with Crippen molar-refractivity contribution in [3.63, 3.8) is 0 Å². The maximum absolute atomic E-state index is 11.6. The van der Waals surface area contributed by atoms with E-state index in [1.54, 1.807) is 0 Å². The molecular weight excluding hydrogens is 318 g/mol. The third-order valence-corrected chi connectivity index (χ3v) is 5.37. The first-order valence-corrected chi connectivity index (χ1v) is 9.26. The van der Waals surface area contributed by atoms with Crippen molar-refractivity contribution in [3.8, 4) is 0 Å². The highest BCUT2D eigenvalue weighted by Gasteiger charge is 2.34. The summed E-state index contributed by atoms with van der Waals surface area (Å²) in [5.41, 5.74) is 1.25. The lowest BCUT2D eigenvalue weighted by Crippen LogP contribution is -2.53. The van der Waals surface area contributed by atoms with Crippen LogP contribution in [0.5, 0.6) is 0 Å². The van der Waals surface area contributed by atoms with Gasteiger partial charge in [-0.05, 0) is 36.9 Å². The van der Waals surface area contributed by atoms with E-state index >= 15 is 0 Å². The van der Waals surface area contributed by atoms with Gasteiger partial charge in [0, 0.05) is 51.0 Å². The van der Waals surface area contributed by atoms with Crippen LogP contribution in [0.3, 0.4) is 0 Å². The molecule has 2 aliphatic heterocycles. The van der Waals surface area contributed by atoms with Gasteiger partial charge in [0.15, 0.2) is 0 Å². The molecule has 2 aliphatic rings. The third-order valence-electron chi connectivity index (χ3n) is 5.37. The highest BCUT2D eigenvalue weighted by atomic mass is 16.5. The number of nitrogens with zero attached hydrogens (tertiary/aromatic N) is 3. The summed E-state index contributed by atoms with van der Waals surface area (Å²) in [6.45, 7) is 6.68. The smallest absolute Gasteiger partial charge is 0.305 e. The number of rotatable bonds is 6. The normalized spacial score (nSPS) is 25.6. The maximum atomic E-state index is 11.6. The predicted molar refractivity (Wildman–Crippen MR) is 95.1 cm³/mol. The fourth-order valence-electron chi connectivity index (χ4n) is 4.07. The first-order valence-electron chi connectivity index (χ1n) is 9.26. The Hall–Kier alpha value is -1.50. The Bertz CT molecular complexity index is 534. The van der Waals surface area contributed by atoms with Gasteiger partial charge in [-0.1, -0.05) is 6.07 Å². The zero-order valence-electron chi connectivity index (χ0n) is 15.1. The molecule has 25 heavy (non-hydrogen) atoms. The summed E-state index contributed by atoms with van der Waals surface area (Å²) in [7, 11) is 1.47. The highest BCUT2D eigenvalue weighted by molar-refractivity contribution is 5.69. The van der Waals surface area contributed by atoms with Gasteiger partial charge in [0.25, 0.3) is 0 Å². The number of aromatic nitrogens is 1. The lowest BCUT2D eigenvalue weighted by atomic mass is 9.86. The van der Waals surface area contributed by atoms with Crippen molar-refractivity contribution in [1.29, 1.82) is 0 Å². The molecule has 0 bridgehead atoms. The summed E-state index contributed by atoms with van der Waals surface area (Å²) in [6.07, 6.45) is 6.29. The Morgan fingerprint density at radius 3 is 2.92 bits per heavy atom. The second kappa shape index (κ2) is 9.27. The summed E-state index contributed by atoms with van der Waals surface area (Å²) in [6, 6.07) is 4.66. The maximum Gasteiger partial charge on any atom is 0.305 e. The fraction of sp³-hybridized carbons (Fsp3) is 0.684. The monoisotopic (exact) mass is 347 g/mol. The first kappa shape index (κ1) is 18.3. The topological polar surface area (TPSA) is 54.9 Å². The molecule has 0 amide bonds. The van der Waals surface area contributed by atoms with Crippen molar-refractivity contribution < 1.29 is 14.3 Å². The van der Waals surface area contributed by atoms with Crippen molar-refractivity contribution >= 4 is 5.97 Å². The van der Waals surface area contributed by atoms with E-state index in [1.165, 1.54) is 12.7 Å². The van der Waals surface area contributed by atoms with Crippen molar-refractivity contribution in [2.45, 2.75) is 31.8 Å². The van der Waals surface area contributed by atoms with E-state index in [4.69, 9.17) is 9.47 Å². The standard InChI is InChI=1S/C19H29N3O3/c1-24-19(23)5-4-17-15-21(14-16-3-2-7-20-13-16)8-6-18(17)22-9-11-25-12-10-22/h2-3,7,13,17-18H,4-6,8-12,14-15H2,1H3/t17-,18+/m0/s1. The molecule has 1 aromatic rings. The van der Waals surface area contributed by atoms with Gasteiger partial charge < -0.3 is 9.47 Å². The zero-order chi connectivity index (χ0) is 17.5. The molecule has 0 radical (unpaired) electrons. The summed E-state index contributed by atoms with van der Waals surface area (Å²) in [5.74, 6) is 0.382. The number of ether oxygens (including phenoxy) is 2. The minimum absolute atomic E-state index is 0.106. The number of methoxy groups -OCH3 is 1. The average Bonchev–Trinajstić information content (AvgIpc) is 2.67. The molecule has 1 aromatic heterocycles. The summed E-state index contributed by atoms with van der Waals surface area (Å²) in [5, 5.41) is 0. The largest absolute Gasteiger partial charge is 0.469 e. The van der Waals surface area contributed by atoms with Crippen LogP contribution in [-0.4, -0.2) is 73.3 Å². The van der Waals surface area contributed by atoms with Gasteiger partial charge in [-0.15, -0.1) is 0 Å². The van der Waals surface area contributed by atoms with Crippen molar-refractivity contribution in [2.75, 3.05) is 46.5 Å². The molecule has 6 nitrogen and oxygen atoms in total. The number of piperidine rings is 1. The Balaban J connectivity index is 1.62. The van der Waals surface area contributed by atoms with Crippen LogP contribution in [0, 0.1) is 5.92 Å². The van der Waals surface area contributed by atoms with Gasteiger partial charge in [0.05, 0.1) is 20.3 Å². The Morgan fingerprint density at radius 1 is 1.36 bits per heavy atom. The van der Waals surface area contributed by atoms with Gasteiger partial charge >= 0.3 is 5.97 Å². The average molecular weight is 347 g/mol. The number of pyridine rings is 1. The Morgan fingerprint density at radius 2 is 2.20 bits per heavy atom. The molecule has 3 rings (SSSR count). The Kier molecular flexibility index (Phi) is 6.78. The van der Waals surface area contributed by atoms with E-state index in [2.05, 4.69) is 20.9 Å². The van der Waals surface area contributed by atoms with Crippen LogP contribution in [0.1, 0.15) is 24.8 Å². The molecule has 2 fully saturated rings. The molecule has 0 unspecified atom stereocenters. The van der Waals surface area contributed by atoms with Gasteiger partial charge in [0.2, 0.25) is 0 Å². The van der Waals surface area contributed by atoms with Crippen LogP contribution in [0.2, 0.25) is 0 Å². The number of carbonyl (C=O) groups is 1. The molecule has 0 aliphatic carbocycles. The summed E-state index contributed by atoms with van der Waals surface area (Å²) >= 11 is 0. The molecule has 2 saturated heterocycles. The highest BCUT2D eigenvalue weighted by Crippen LogP contribution is 2.28. The molecule has 0 N–H and O–H groups in total. The van der Waals surface area contributed by atoms with Gasteiger partial charge in [-0.3, -0.25) is 19.6 Å². The van der Waals surface area contributed by atoms with Crippen LogP contribution in [0.25, 0.3) is 0 Å². The van der Waals surface area contributed by atoms with Crippen molar-refractivity contribution in [3.05, 3.63) is 30.1 Å². The lowest BCUT2D eigenvalue weighted by molar-refractivity contribution is -0.141. The van der Waals surface area contributed by atoms with E-state index in [9.17, 15) is 4.79 Å².